The van der Waals surface area contributed by atoms with Crippen molar-refractivity contribution in [2.24, 2.45) is 11.8 Å². The Bertz CT molecular complexity index is 547. The van der Waals surface area contributed by atoms with Crippen molar-refractivity contribution in [3.63, 3.8) is 0 Å². The van der Waals surface area contributed by atoms with E-state index in [1.165, 1.54) is 4.90 Å². The van der Waals surface area contributed by atoms with Crippen LogP contribution in [0.4, 0.5) is 5.69 Å². The van der Waals surface area contributed by atoms with Gasteiger partial charge in [-0.2, -0.15) is 0 Å². The summed E-state index contributed by atoms with van der Waals surface area (Å²) in [5, 5.41) is 0. The zero-order chi connectivity index (χ0) is 14.4. The number of nitrogens with zero attached hydrogens (tertiary/aromatic N) is 1. The molecule has 2 aliphatic rings. The maximum Gasteiger partial charge on any atom is 0.237 e. The molecule has 0 N–H and O–H groups in total. The summed E-state index contributed by atoms with van der Waals surface area (Å²) in [7, 11) is 0. The van der Waals surface area contributed by atoms with Gasteiger partial charge in [0.2, 0.25) is 11.8 Å². The van der Waals surface area contributed by atoms with Gasteiger partial charge in [-0.05, 0) is 31.4 Å². The number of carbonyl (C=O) groups is 2. The summed E-state index contributed by atoms with van der Waals surface area (Å²) >= 11 is 7.20. The Hall–Kier alpha value is -0.680. The number of benzene rings is 1. The number of amides is 2. The number of hydrogen-bond donors (Lipinski definition) is 0. The monoisotopic (exact) mass is 399 g/mol. The highest BCUT2D eigenvalue weighted by Gasteiger charge is 2.52. The van der Waals surface area contributed by atoms with Crippen LogP contribution in [0.15, 0.2) is 24.3 Å². The topological polar surface area (TPSA) is 37.4 Å². The number of fused-ring (bicyclic) bond motifs is 1. The number of anilines is 1. The first-order valence-corrected chi connectivity index (χ1v) is 8.55. The predicted octanol–water partition coefficient (Wildman–Crippen LogP) is 3.42. The fourth-order valence-electron chi connectivity index (χ4n) is 3.15. The normalized spacial score (nSPS) is 33.5. The number of hydrogen-bond acceptors (Lipinski definition) is 2. The molecule has 1 heterocycles. The molecule has 1 aromatic carbocycles. The number of alkyl halides is 2. The van der Waals surface area contributed by atoms with Gasteiger partial charge in [0.15, 0.2) is 0 Å². The van der Waals surface area contributed by atoms with E-state index in [1.54, 1.807) is 0 Å². The molecule has 106 valence electrons. The second-order valence-electron chi connectivity index (χ2n) is 5.51. The molecule has 1 saturated carbocycles. The second kappa shape index (κ2) is 5.26. The molecule has 0 radical (unpaired) electrons. The minimum Gasteiger partial charge on any atom is -0.274 e. The molecule has 3 rings (SSSR count). The second-order valence-corrected chi connectivity index (χ2v) is 7.87. The molecule has 2 amide bonds. The van der Waals surface area contributed by atoms with Crippen LogP contribution >= 0.6 is 31.9 Å². The summed E-state index contributed by atoms with van der Waals surface area (Å²) < 4.78 is 0. The van der Waals surface area contributed by atoms with Crippen molar-refractivity contribution in [1.29, 1.82) is 0 Å². The smallest absolute Gasteiger partial charge is 0.237 e. The van der Waals surface area contributed by atoms with E-state index < -0.39 is 0 Å². The first kappa shape index (κ1) is 14.3. The largest absolute Gasteiger partial charge is 0.274 e. The molecule has 1 aliphatic heterocycles. The van der Waals surface area contributed by atoms with Gasteiger partial charge in [-0.15, -0.1) is 0 Å². The van der Waals surface area contributed by atoms with Gasteiger partial charge >= 0.3 is 0 Å². The summed E-state index contributed by atoms with van der Waals surface area (Å²) in [6.45, 7) is 1.93. The van der Waals surface area contributed by atoms with Gasteiger partial charge in [0.1, 0.15) is 0 Å². The summed E-state index contributed by atoms with van der Waals surface area (Å²) in [6.07, 6.45) is 1.43. The lowest BCUT2D eigenvalue weighted by Gasteiger charge is -2.29. The van der Waals surface area contributed by atoms with E-state index in [0.717, 1.165) is 11.3 Å². The van der Waals surface area contributed by atoms with Crippen LogP contribution in [0.3, 0.4) is 0 Å². The maximum atomic E-state index is 12.6. The molecule has 1 saturated heterocycles. The third-order valence-corrected chi connectivity index (χ3v) is 7.00. The molecule has 1 aliphatic carbocycles. The van der Waals surface area contributed by atoms with Gasteiger partial charge < -0.3 is 0 Å². The molecule has 0 aromatic heterocycles. The highest BCUT2D eigenvalue weighted by molar-refractivity contribution is 9.12. The SMILES string of the molecule is Cc1ccccc1N1C(=O)[C@@H]2C[C@@H](Br)[C@@H](Br)C[C@H]2C1=O. The van der Waals surface area contributed by atoms with Crippen LogP contribution in [0.25, 0.3) is 0 Å². The summed E-state index contributed by atoms with van der Waals surface area (Å²) in [6, 6.07) is 7.56. The maximum absolute atomic E-state index is 12.6. The van der Waals surface area contributed by atoms with Crippen molar-refractivity contribution in [3.8, 4) is 0 Å². The molecule has 1 aromatic rings. The summed E-state index contributed by atoms with van der Waals surface area (Å²) in [4.78, 5) is 27.1. The number of aryl methyl sites for hydroxylation is 1. The molecule has 3 nitrogen and oxygen atoms in total. The van der Waals surface area contributed by atoms with Crippen LogP contribution in [-0.2, 0) is 9.59 Å². The zero-order valence-electron chi connectivity index (χ0n) is 11.1. The minimum atomic E-state index is -0.180. The number of carbonyl (C=O) groups excluding carboxylic acids is 2. The molecule has 0 spiro atoms. The van der Waals surface area contributed by atoms with Gasteiger partial charge in [-0.1, -0.05) is 50.1 Å². The average molecular weight is 401 g/mol. The standard InChI is InChI=1S/C15H15Br2NO2/c1-8-4-2-3-5-13(8)18-14(19)9-6-11(16)12(17)7-10(9)15(18)20/h2-5,9-12H,6-7H2,1H3/t9-,10-,11-,12+/m1/s1. The lowest BCUT2D eigenvalue weighted by atomic mass is 9.81. The molecule has 2 fully saturated rings. The quantitative estimate of drug-likeness (QED) is 0.535. The van der Waals surface area contributed by atoms with E-state index in [4.69, 9.17) is 0 Å². The third kappa shape index (κ3) is 2.15. The lowest BCUT2D eigenvalue weighted by Crippen LogP contribution is -2.34. The predicted molar refractivity (Wildman–Crippen MR) is 85.3 cm³/mol. The Morgan fingerprint density at radius 3 is 2.00 bits per heavy atom. The molecule has 5 heteroatoms. The van der Waals surface area contributed by atoms with Crippen LogP contribution in [0.1, 0.15) is 18.4 Å². The van der Waals surface area contributed by atoms with Crippen molar-refractivity contribution in [3.05, 3.63) is 29.8 Å². The van der Waals surface area contributed by atoms with Crippen LogP contribution in [0.2, 0.25) is 0 Å². The van der Waals surface area contributed by atoms with E-state index in [9.17, 15) is 9.59 Å². The lowest BCUT2D eigenvalue weighted by molar-refractivity contribution is -0.122. The van der Waals surface area contributed by atoms with Gasteiger partial charge in [0, 0.05) is 9.65 Å². The Morgan fingerprint density at radius 2 is 1.50 bits per heavy atom. The van der Waals surface area contributed by atoms with Gasteiger partial charge in [0.25, 0.3) is 0 Å². The van der Waals surface area contributed by atoms with Crippen LogP contribution in [0.5, 0.6) is 0 Å². The van der Waals surface area contributed by atoms with Crippen molar-refractivity contribution in [1.82, 2.24) is 0 Å². The van der Waals surface area contributed by atoms with Gasteiger partial charge in [-0.25, -0.2) is 4.90 Å². The van der Waals surface area contributed by atoms with Crippen molar-refractivity contribution in [2.45, 2.75) is 29.4 Å². The van der Waals surface area contributed by atoms with Crippen molar-refractivity contribution in [2.75, 3.05) is 4.90 Å². The Labute approximate surface area is 135 Å². The average Bonchev–Trinajstić information content (AvgIpc) is 2.64. The highest BCUT2D eigenvalue weighted by Crippen LogP contribution is 2.44. The van der Waals surface area contributed by atoms with E-state index in [1.807, 2.05) is 31.2 Å². The summed E-state index contributed by atoms with van der Waals surface area (Å²) in [5.74, 6) is -0.447. The minimum absolute atomic E-state index is 0.0434. The fraction of sp³-hybridized carbons (Fsp3) is 0.467. The van der Waals surface area contributed by atoms with Crippen molar-refractivity contribution >= 4 is 49.4 Å². The summed E-state index contributed by atoms with van der Waals surface area (Å²) in [5.41, 5.74) is 1.69. The highest BCUT2D eigenvalue weighted by atomic mass is 79.9. The zero-order valence-corrected chi connectivity index (χ0v) is 14.2. The van der Waals surface area contributed by atoms with Crippen LogP contribution in [0, 0.1) is 18.8 Å². The number of imide groups is 1. The molecule has 0 bridgehead atoms. The van der Waals surface area contributed by atoms with Gasteiger partial charge in [-0.3, -0.25) is 9.59 Å². The first-order valence-electron chi connectivity index (χ1n) is 6.72. The fourth-order valence-corrected chi connectivity index (χ4v) is 4.38. The van der Waals surface area contributed by atoms with Crippen LogP contribution < -0.4 is 4.90 Å². The van der Waals surface area contributed by atoms with Crippen LogP contribution in [-0.4, -0.2) is 21.5 Å². The van der Waals surface area contributed by atoms with E-state index in [0.29, 0.717) is 12.8 Å². The van der Waals surface area contributed by atoms with E-state index in [2.05, 4.69) is 31.9 Å². The van der Waals surface area contributed by atoms with Gasteiger partial charge in [0.05, 0.1) is 17.5 Å². The van der Waals surface area contributed by atoms with E-state index in [-0.39, 0.29) is 33.3 Å². The number of para-hydroxylation sites is 1. The third-order valence-electron chi connectivity index (χ3n) is 4.27. The Balaban J connectivity index is 1.97. The number of halogens is 2. The molecule has 20 heavy (non-hydrogen) atoms. The molecular weight excluding hydrogens is 386 g/mol. The van der Waals surface area contributed by atoms with E-state index >= 15 is 0 Å². The van der Waals surface area contributed by atoms with Crippen molar-refractivity contribution < 1.29 is 9.59 Å². The Kier molecular flexibility index (Phi) is 3.75. The molecule has 4 atom stereocenters. The molecular formula is C15H15Br2NO2. The number of rotatable bonds is 1. The molecule has 0 unspecified atom stereocenters. The first-order chi connectivity index (χ1) is 9.50. The Morgan fingerprint density at radius 1 is 1.00 bits per heavy atom.